The molecule has 3 aromatic rings. The van der Waals surface area contributed by atoms with E-state index in [2.05, 4.69) is 10.3 Å². The van der Waals surface area contributed by atoms with Crippen LogP contribution in [-0.2, 0) is 4.79 Å². The van der Waals surface area contributed by atoms with Gasteiger partial charge in [0.2, 0.25) is 5.91 Å². The second-order valence-electron chi connectivity index (χ2n) is 6.65. The summed E-state index contributed by atoms with van der Waals surface area (Å²) in [7, 11) is 0. The fourth-order valence-electron chi connectivity index (χ4n) is 2.98. The Morgan fingerprint density at radius 1 is 1.10 bits per heavy atom. The van der Waals surface area contributed by atoms with E-state index in [0.29, 0.717) is 23.9 Å². The molecule has 7 nitrogen and oxygen atoms in total. The molecule has 0 bridgehead atoms. The average molecular weight is 411 g/mol. The van der Waals surface area contributed by atoms with Gasteiger partial charge in [0.15, 0.2) is 0 Å². The number of likely N-dealkylation sites (tertiary alicyclic amines) is 1. The Morgan fingerprint density at radius 3 is 2.59 bits per heavy atom. The van der Waals surface area contributed by atoms with E-state index in [1.54, 1.807) is 34.1 Å². The van der Waals surface area contributed by atoms with Crippen molar-refractivity contribution in [3.8, 4) is 11.4 Å². The fourth-order valence-corrected chi connectivity index (χ4v) is 3.16. The second-order valence-corrected chi connectivity index (χ2v) is 7.06. The lowest BCUT2D eigenvalue weighted by Crippen LogP contribution is -2.58. The Morgan fingerprint density at radius 2 is 1.83 bits per heavy atom. The first kappa shape index (κ1) is 19.0. The minimum absolute atomic E-state index is 0.0875. The molecule has 0 unspecified atom stereocenters. The minimum Gasteiger partial charge on any atom is -0.485 e. The number of imidazole rings is 1. The van der Waals surface area contributed by atoms with Crippen LogP contribution in [0.15, 0.2) is 67.1 Å². The smallest absolute Gasteiger partial charge is 0.271 e. The van der Waals surface area contributed by atoms with Crippen LogP contribution >= 0.6 is 11.6 Å². The van der Waals surface area contributed by atoms with Gasteiger partial charge in [-0.25, -0.2) is 4.98 Å². The van der Waals surface area contributed by atoms with Crippen molar-refractivity contribution in [3.05, 3.63) is 77.8 Å². The third-order valence-electron chi connectivity index (χ3n) is 4.60. The summed E-state index contributed by atoms with van der Waals surface area (Å²) >= 11 is 6.07. The zero-order valence-corrected chi connectivity index (χ0v) is 16.2. The number of halogens is 1. The molecule has 0 atom stereocenters. The van der Waals surface area contributed by atoms with Gasteiger partial charge in [0.25, 0.3) is 5.91 Å². The third kappa shape index (κ3) is 4.41. The molecule has 2 heterocycles. The van der Waals surface area contributed by atoms with Gasteiger partial charge >= 0.3 is 0 Å². The molecule has 29 heavy (non-hydrogen) atoms. The highest BCUT2D eigenvalue weighted by molar-refractivity contribution is 6.32. The summed E-state index contributed by atoms with van der Waals surface area (Å²) < 4.78 is 7.53. The van der Waals surface area contributed by atoms with Gasteiger partial charge in [-0.3, -0.25) is 9.59 Å². The number of rotatable bonds is 6. The maximum absolute atomic E-state index is 12.3. The fraction of sp³-hybridized carbons (Fsp3) is 0.190. The number of hydrogen-bond donors (Lipinski definition) is 1. The average Bonchev–Trinajstić information content (AvgIpc) is 3.20. The highest BCUT2D eigenvalue weighted by Gasteiger charge is 2.32. The zero-order valence-electron chi connectivity index (χ0n) is 15.5. The maximum atomic E-state index is 12.3. The summed E-state index contributed by atoms with van der Waals surface area (Å²) in [6.07, 6.45) is 3.10. The molecule has 1 saturated heterocycles. The molecule has 1 aromatic heterocycles. The number of nitrogens with one attached hydrogen (secondary N) is 1. The van der Waals surface area contributed by atoms with Crippen LogP contribution in [0.4, 0.5) is 0 Å². The van der Waals surface area contributed by atoms with Gasteiger partial charge in [-0.15, -0.1) is 0 Å². The van der Waals surface area contributed by atoms with Crippen LogP contribution in [0.1, 0.15) is 10.5 Å². The number of hydrogen-bond acceptors (Lipinski definition) is 4. The van der Waals surface area contributed by atoms with E-state index in [9.17, 15) is 9.59 Å². The van der Waals surface area contributed by atoms with Gasteiger partial charge in [-0.05, 0) is 24.3 Å². The summed E-state index contributed by atoms with van der Waals surface area (Å²) in [6.45, 7) is 0.834. The topological polar surface area (TPSA) is 76.5 Å². The number of para-hydroxylation sites is 2. The summed E-state index contributed by atoms with van der Waals surface area (Å²) in [4.78, 5) is 30.3. The molecule has 0 saturated carbocycles. The Balaban J connectivity index is 1.24. The van der Waals surface area contributed by atoms with Crippen molar-refractivity contribution in [3.63, 3.8) is 0 Å². The standard InChI is InChI=1S/C21H19ClN4O3/c22-17-8-4-5-9-19(17)29-16-11-25(12-16)20(27)10-23-21(28)18-13-26(14-24-18)15-6-2-1-3-7-15/h1-9,13-14,16H,10-12H2,(H,23,28). The largest absolute Gasteiger partial charge is 0.485 e. The first-order valence-electron chi connectivity index (χ1n) is 9.17. The number of aromatic nitrogens is 2. The van der Waals surface area contributed by atoms with Crippen LogP contribution in [-0.4, -0.2) is 52.0 Å². The van der Waals surface area contributed by atoms with E-state index in [4.69, 9.17) is 16.3 Å². The summed E-state index contributed by atoms with van der Waals surface area (Å²) in [5, 5.41) is 3.16. The molecule has 0 aliphatic carbocycles. The zero-order chi connectivity index (χ0) is 20.2. The minimum atomic E-state index is -0.391. The highest BCUT2D eigenvalue weighted by Crippen LogP contribution is 2.26. The van der Waals surface area contributed by atoms with Crippen molar-refractivity contribution in [2.45, 2.75) is 6.10 Å². The van der Waals surface area contributed by atoms with Gasteiger partial charge in [0, 0.05) is 11.9 Å². The summed E-state index contributed by atoms with van der Waals surface area (Å²) in [5.41, 5.74) is 1.16. The maximum Gasteiger partial charge on any atom is 0.271 e. The highest BCUT2D eigenvalue weighted by atomic mass is 35.5. The molecule has 1 aliphatic rings. The van der Waals surface area contributed by atoms with E-state index in [1.807, 2.05) is 42.5 Å². The Kier molecular flexibility index (Phi) is 5.48. The van der Waals surface area contributed by atoms with E-state index >= 15 is 0 Å². The Hall–Kier alpha value is -3.32. The van der Waals surface area contributed by atoms with Gasteiger partial charge in [0.1, 0.15) is 23.9 Å². The molecule has 1 fully saturated rings. The number of carbonyl (C=O) groups is 2. The van der Waals surface area contributed by atoms with Crippen LogP contribution < -0.4 is 10.1 Å². The van der Waals surface area contributed by atoms with Crippen molar-refractivity contribution in [2.24, 2.45) is 0 Å². The van der Waals surface area contributed by atoms with Crippen LogP contribution in [0.25, 0.3) is 5.69 Å². The first-order chi connectivity index (χ1) is 14.1. The predicted octanol–water partition coefficient (Wildman–Crippen LogP) is 2.55. The van der Waals surface area contributed by atoms with E-state index in [1.165, 1.54) is 0 Å². The Bertz CT molecular complexity index is 1020. The van der Waals surface area contributed by atoms with Crippen LogP contribution in [0.2, 0.25) is 5.02 Å². The number of benzene rings is 2. The molecule has 0 radical (unpaired) electrons. The van der Waals surface area contributed by atoms with E-state index < -0.39 is 5.91 Å². The molecule has 2 aromatic carbocycles. The van der Waals surface area contributed by atoms with Gasteiger partial charge < -0.3 is 19.5 Å². The number of ether oxygens (including phenoxy) is 1. The molecule has 8 heteroatoms. The molecule has 1 N–H and O–H groups in total. The molecular weight excluding hydrogens is 392 g/mol. The van der Waals surface area contributed by atoms with E-state index in [0.717, 1.165) is 5.69 Å². The summed E-state index contributed by atoms with van der Waals surface area (Å²) in [6, 6.07) is 16.8. The lowest BCUT2D eigenvalue weighted by molar-refractivity contribution is -0.138. The van der Waals surface area contributed by atoms with Crippen LogP contribution in [0, 0.1) is 0 Å². The molecule has 148 valence electrons. The quantitative estimate of drug-likeness (QED) is 0.677. The third-order valence-corrected chi connectivity index (χ3v) is 4.91. The molecule has 0 spiro atoms. The Labute approximate surface area is 172 Å². The monoisotopic (exact) mass is 410 g/mol. The van der Waals surface area contributed by atoms with Gasteiger partial charge in [-0.2, -0.15) is 0 Å². The SMILES string of the molecule is O=C(NCC(=O)N1CC(Oc2ccccc2Cl)C1)c1cn(-c2ccccc2)cn1. The van der Waals surface area contributed by atoms with Crippen molar-refractivity contribution < 1.29 is 14.3 Å². The van der Waals surface area contributed by atoms with Crippen molar-refractivity contribution in [2.75, 3.05) is 19.6 Å². The normalized spacial score (nSPS) is 13.6. The summed E-state index contributed by atoms with van der Waals surface area (Å²) in [5.74, 6) is 0.0471. The van der Waals surface area contributed by atoms with Gasteiger partial charge in [-0.1, -0.05) is 41.9 Å². The second kappa shape index (κ2) is 8.36. The van der Waals surface area contributed by atoms with Crippen molar-refractivity contribution >= 4 is 23.4 Å². The van der Waals surface area contributed by atoms with Crippen LogP contribution in [0.3, 0.4) is 0 Å². The molecule has 2 amide bonds. The number of amides is 2. The molecular formula is C21H19ClN4O3. The number of nitrogens with zero attached hydrogens (tertiary/aromatic N) is 3. The lowest BCUT2D eigenvalue weighted by atomic mass is 10.1. The van der Waals surface area contributed by atoms with Crippen LogP contribution in [0.5, 0.6) is 5.75 Å². The predicted molar refractivity (Wildman–Crippen MR) is 108 cm³/mol. The number of carbonyl (C=O) groups excluding carboxylic acids is 2. The van der Waals surface area contributed by atoms with Gasteiger partial charge in [0.05, 0.1) is 24.7 Å². The first-order valence-corrected chi connectivity index (χ1v) is 9.54. The van der Waals surface area contributed by atoms with Crippen molar-refractivity contribution in [1.82, 2.24) is 19.8 Å². The molecule has 4 rings (SSSR count). The lowest BCUT2D eigenvalue weighted by Gasteiger charge is -2.39. The van der Waals surface area contributed by atoms with Crippen molar-refractivity contribution in [1.29, 1.82) is 0 Å². The van der Waals surface area contributed by atoms with E-state index in [-0.39, 0.29) is 24.2 Å². The molecule has 1 aliphatic heterocycles.